The summed E-state index contributed by atoms with van der Waals surface area (Å²) in [5.41, 5.74) is 4.14. The van der Waals surface area contributed by atoms with Crippen molar-refractivity contribution in [3.63, 3.8) is 0 Å². The van der Waals surface area contributed by atoms with Gasteiger partial charge in [-0.1, -0.05) is 37.3 Å². The van der Waals surface area contributed by atoms with Gasteiger partial charge in [-0.2, -0.15) is 0 Å². The van der Waals surface area contributed by atoms with E-state index in [0.717, 1.165) is 24.4 Å². The van der Waals surface area contributed by atoms with E-state index in [2.05, 4.69) is 29.4 Å². The van der Waals surface area contributed by atoms with E-state index in [4.69, 9.17) is 10.3 Å². The number of nitrogen functional groups attached to an aromatic ring is 1. The third-order valence-corrected chi connectivity index (χ3v) is 3.38. The van der Waals surface area contributed by atoms with Crippen molar-refractivity contribution in [2.75, 3.05) is 6.54 Å². The second kappa shape index (κ2) is 7.06. The molecule has 1 heterocycles. The molecule has 0 spiro atoms. The fraction of sp³-hybridized carbons (Fsp3) is 0.312. The van der Waals surface area contributed by atoms with Crippen molar-refractivity contribution in [2.45, 2.75) is 26.9 Å². The van der Waals surface area contributed by atoms with Gasteiger partial charge in [0.15, 0.2) is 5.76 Å². The van der Waals surface area contributed by atoms with E-state index in [-0.39, 0.29) is 5.76 Å². The van der Waals surface area contributed by atoms with Crippen LogP contribution in [0.3, 0.4) is 0 Å². The largest absolute Gasteiger partial charge is 0.454 e. The maximum atomic E-state index is 11.6. The van der Waals surface area contributed by atoms with E-state index in [0.29, 0.717) is 6.54 Å². The summed E-state index contributed by atoms with van der Waals surface area (Å²) in [4.78, 5) is 13.8. The third kappa shape index (κ3) is 3.93. The average molecular weight is 287 g/mol. The fourth-order valence-electron chi connectivity index (χ4n) is 2.26. The van der Waals surface area contributed by atoms with Gasteiger partial charge in [-0.3, -0.25) is 15.1 Å². The van der Waals surface area contributed by atoms with E-state index >= 15 is 0 Å². The lowest BCUT2D eigenvalue weighted by atomic mass is 10.2. The molecule has 0 bridgehead atoms. The molecule has 0 aliphatic rings. The van der Waals surface area contributed by atoms with Crippen LogP contribution in [0.1, 0.15) is 34.4 Å². The second-order valence-corrected chi connectivity index (χ2v) is 4.99. The lowest BCUT2D eigenvalue weighted by Crippen LogP contribution is -2.30. The Morgan fingerprint density at radius 2 is 2.00 bits per heavy atom. The van der Waals surface area contributed by atoms with Crippen molar-refractivity contribution in [2.24, 2.45) is 5.84 Å². The highest BCUT2D eigenvalue weighted by Crippen LogP contribution is 2.17. The number of nitrogens with zero attached hydrogens (tertiary/aromatic N) is 1. The minimum Gasteiger partial charge on any atom is -0.454 e. The Kier molecular flexibility index (Phi) is 5.14. The Morgan fingerprint density at radius 3 is 2.62 bits per heavy atom. The van der Waals surface area contributed by atoms with Crippen molar-refractivity contribution in [3.8, 4) is 0 Å². The van der Waals surface area contributed by atoms with Gasteiger partial charge in [0.2, 0.25) is 0 Å². The predicted octanol–water partition coefficient (Wildman–Crippen LogP) is 2.21. The van der Waals surface area contributed by atoms with Crippen LogP contribution in [0, 0.1) is 6.92 Å². The number of nitrogens with one attached hydrogen (secondary N) is 1. The van der Waals surface area contributed by atoms with Gasteiger partial charge in [0.05, 0.1) is 6.54 Å². The third-order valence-electron chi connectivity index (χ3n) is 3.38. The molecule has 0 aliphatic carbocycles. The van der Waals surface area contributed by atoms with Crippen LogP contribution >= 0.6 is 0 Å². The summed E-state index contributed by atoms with van der Waals surface area (Å²) in [5, 5.41) is 0. The lowest BCUT2D eigenvalue weighted by Gasteiger charge is -2.19. The molecule has 5 nitrogen and oxygen atoms in total. The quantitative estimate of drug-likeness (QED) is 0.485. The van der Waals surface area contributed by atoms with E-state index in [1.165, 1.54) is 5.56 Å². The molecule has 0 unspecified atom stereocenters. The minimum atomic E-state index is -0.398. The van der Waals surface area contributed by atoms with E-state index in [1.807, 2.05) is 31.2 Å². The molecule has 0 saturated carbocycles. The number of furan rings is 1. The van der Waals surface area contributed by atoms with E-state index in [9.17, 15) is 4.79 Å². The first-order valence-electron chi connectivity index (χ1n) is 7.00. The summed E-state index contributed by atoms with van der Waals surface area (Å²) in [6, 6.07) is 12.2. The molecule has 2 rings (SSSR count). The molecular weight excluding hydrogens is 266 g/mol. The first kappa shape index (κ1) is 15.3. The SMILES string of the molecule is CCN(Cc1ccccc1)Cc1cc(C)c(C(=O)NN)o1. The zero-order valence-electron chi connectivity index (χ0n) is 12.4. The number of aryl methyl sites for hydroxylation is 1. The number of hydrazine groups is 1. The fourth-order valence-corrected chi connectivity index (χ4v) is 2.26. The summed E-state index contributed by atoms with van der Waals surface area (Å²) in [6.07, 6.45) is 0. The van der Waals surface area contributed by atoms with Crippen LogP contribution in [-0.2, 0) is 13.1 Å². The van der Waals surface area contributed by atoms with Crippen molar-refractivity contribution < 1.29 is 9.21 Å². The molecule has 0 fully saturated rings. The van der Waals surface area contributed by atoms with Crippen LogP contribution in [0.15, 0.2) is 40.8 Å². The molecule has 21 heavy (non-hydrogen) atoms. The van der Waals surface area contributed by atoms with Gasteiger partial charge in [-0.15, -0.1) is 0 Å². The number of benzene rings is 1. The van der Waals surface area contributed by atoms with Crippen molar-refractivity contribution in [3.05, 3.63) is 59.0 Å². The van der Waals surface area contributed by atoms with Crippen LogP contribution in [0.25, 0.3) is 0 Å². The lowest BCUT2D eigenvalue weighted by molar-refractivity contribution is 0.0921. The summed E-state index contributed by atoms with van der Waals surface area (Å²) >= 11 is 0. The number of amides is 1. The topological polar surface area (TPSA) is 71.5 Å². The monoisotopic (exact) mass is 287 g/mol. The van der Waals surface area contributed by atoms with Gasteiger partial charge < -0.3 is 4.42 Å². The molecule has 3 N–H and O–H groups in total. The van der Waals surface area contributed by atoms with Crippen LogP contribution in [-0.4, -0.2) is 17.4 Å². The summed E-state index contributed by atoms with van der Waals surface area (Å²) in [6.45, 7) is 6.34. The van der Waals surface area contributed by atoms with Gasteiger partial charge in [-0.25, -0.2) is 5.84 Å². The molecule has 0 atom stereocenters. The second-order valence-electron chi connectivity index (χ2n) is 4.99. The highest BCUT2D eigenvalue weighted by atomic mass is 16.4. The zero-order chi connectivity index (χ0) is 15.2. The van der Waals surface area contributed by atoms with Crippen LogP contribution in [0.2, 0.25) is 0 Å². The van der Waals surface area contributed by atoms with Gasteiger partial charge in [-0.05, 0) is 25.1 Å². The standard InChI is InChI=1S/C16H21N3O2/c1-3-19(10-13-7-5-4-6-8-13)11-14-9-12(2)15(21-14)16(20)18-17/h4-9H,3,10-11,17H2,1-2H3,(H,18,20). The highest BCUT2D eigenvalue weighted by molar-refractivity contribution is 5.92. The van der Waals surface area contributed by atoms with Gasteiger partial charge in [0.1, 0.15) is 5.76 Å². The van der Waals surface area contributed by atoms with Crippen molar-refractivity contribution >= 4 is 5.91 Å². The van der Waals surface area contributed by atoms with Gasteiger partial charge in [0, 0.05) is 12.1 Å². The van der Waals surface area contributed by atoms with Gasteiger partial charge in [0.25, 0.3) is 0 Å². The molecule has 1 aromatic carbocycles. The molecule has 0 saturated heterocycles. The van der Waals surface area contributed by atoms with Crippen molar-refractivity contribution in [1.29, 1.82) is 0 Å². The van der Waals surface area contributed by atoms with Crippen molar-refractivity contribution in [1.82, 2.24) is 10.3 Å². The van der Waals surface area contributed by atoms with Crippen LogP contribution in [0.5, 0.6) is 0 Å². The Hall–Kier alpha value is -2.11. The Labute approximate surface area is 124 Å². The maximum Gasteiger partial charge on any atom is 0.301 e. The van der Waals surface area contributed by atoms with Crippen LogP contribution in [0.4, 0.5) is 0 Å². The molecule has 5 heteroatoms. The number of carbonyl (C=O) groups is 1. The van der Waals surface area contributed by atoms with E-state index < -0.39 is 5.91 Å². The zero-order valence-corrected chi connectivity index (χ0v) is 12.4. The molecular formula is C16H21N3O2. The molecule has 1 amide bonds. The number of carbonyl (C=O) groups excluding carboxylic acids is 1. The first-order chi connectivity index (χ1) is 10.1. The Balaban J connectivity index is 2.07. The average Bonchev–Trinajstić information content (AvgIpc) is 2.87. The number of hydrogen-bond acceptors (Lipinski definition) is 4. The molecule has 2 aromatic rings. The minimum absolute atomic E-state index is 0.281. The molecule has 112 valence electrons. The highest BCUT2D eigenvalue weighted by Gasteiger charge is 2.16. The van der Waals surface area contributed by atoms with E-state index in [1.54, 1.807) is 0 Å². The van der Waals surface area contributed by atoms with Crippen LogP contribution < -0.4 is 11.3 Å². The smallest absolute Gasteiger partial charge is 0.301 e. The molecule has 1 aromatic heterocycles. The maximum absolute atomic E-state index is 11.6. The van der Waals surface area contributed by atoms with Gasteiger partial charge >= 0.3 is 5.91 Å². The summed E-state index contributed by atoms with van der Waals surface area (Å²) in [5.74, 6) is 5.79. The predicted molar refractivity (Wildman–Crippen MR) is 81.3 cm³/mol. The number of nitrogens with two attached hydrogens (primary N) is 1. The number of rotatable bonds is 6. The summed E-state index contributed by atoms with van der Waals surface area (Å²) in [7, 11) is 0. The Bertz CT molecular complexity index is 593. The number of hydrogen-bond donors (Lipinski definition) is 2. The Morgan fingerprint density at radius 1 is 1.29 bits per heavy atom. The normalized spacial score (nSPS) is 10.9. The summed E-state index contributed by atoms with van der Waals surface area (Å²) < 4.78 is 5.60. The molecule has 0 aliphatic heterocycles. The first-order valence-corrected chi connectivity index (χ1v) is 7.00. The molecule has 0 radical (unpaired) electrons.